The molecule has 0 aromatic heterocycles. The number of amides is 2. The average molecular weight is 356 g/mol. The summed E-state index contributed by atoms with van der Waals surface area (Å²) in [6, 6.07) is 12.5. The summed E-state index contributed by atoms with van der Waals surface area (Å²) >= 11 is 0. The third-order valence-electron chi connectivity index (χ3n) is 3.66. The van der Waals surface area contributed by atoms with Crippen LogP contribution in [0.15, 0.2) is 42.5 Å². The number of rotatable bonds is 6. The van der Waals surface area contributed by atoms with Crippen molar-refractivity contribution in [2.75, 3.05) is 31.7 Å². The van der Waals surface area contributed by atoms with Gasteiger partial charge in [0.05, 0.1) is 6.54 Å². The maximum atomic E-state index is 12.0. The van der Waals surface area contributed by atoms with Crippen LogP contribution in [0.1, 0.15) is 5.56 Å². The van der Waals surface area contributed by atoms with E-state index in [9.17, 15) is 9.59 Å². The molecule has 0 spiro atoms. The molecule has 0 radical (unpaired) electrons. The van der Waals surface area contributed by atoms with E-state index >= 15 is 0 Å². The Bertz CT molecular complexity index is 789. The molecular weight excluding hydrogens is 336 g/mol. The highest BCUT2D eigenvalue weighted by molar-refractivity contribution is 5.94. The first-order chi connectivity index (χ1) is 12.6. The van der Waals surface area contributed by atoms with Crippen molar-refractivity contribution in [1.82, 2.24) is 5.32 Å². The minimum Gasteiger partial charge on any atom is -0.486 e. The quantitative estimate of drug-likeness (QED) is 0.826. The molecule has 0 fully saturated rings. The number of benzene rings is 2. The van der Waals surface area contributed by atoms with Gasteiger partial charge in [-0.3, -0.25) is 9.59 Å². The van der Waals surface area contributed by atoms with E-state index < -0.39 is 0 Å². The summed E-state index contributed by atoms with van der Waals surface area (Å²) in [6.07, 6.45) is 0. The van der Waals surface area contributed by atoms with Gasteiger partial charge in [-0.1, -0.05) is 17.7 Å². The molecule has 7 heteroatoms. The fourth-order valence-electron chi connectivity index (χ4n) is 2.34. The molecular formula is C19H20N2O5. The van der Waals surface area contributed by atoms with Gasteiger partial charge < -0.3 is 24.8 Å². The van der Waals surface area contributed by atoms with Crippen LogP contribution in [0.25, 0.3) is 0 Å². The molecule has 0 saturated heterocycles. The Kier molecular flexibility index (Phi) is 5.58. The summed E-state index contributed by atoms with van der Waals surface area (Å²) in [5.41, 5.74) is 1.68. The van der Waals surface area contributed by atoms with Gasteiger partial charge in [-0.05, 0) is 31.2 Å². The topological polar surface area (TPSA) is 85.9 Å². The molecule has 0 bridgehead atoms. The first-order valence-electron chi connectivity index (χ1n) is 8.26. The minimum absolute atomic E-state index is 0.148. The minimum atomic E-state index is -0.372. The second-order valence-electron chi connectivity index (χ2n) is 5.79. The van der Waals surface area contributed by atoms with E-state index in [1.807, 2.05) is 19.1 Å². The lowest BCUT2D eigenvalue weighted by molar-refractivity contribution is -0.125. The van der Waals surface area contributed by atoms with Crippen molar-refractivity contribution in [3.63, 3.8) is 0 Å². The number of hydrogen-bond acceptors (Lipinski definition) is 5. The van der Waals surface area contributed by atoms with Crippen LogP contribution >= 0.6 is 0 Å². The van der Waals surface area contributed by atoms with Gasteiger partial charge >= 0.3 is 0 Å². The average Bonchev–Trinajstić information content (AvgIpc) is 2.66. The number of aryl methyl sites for hydroxylation is 1. The van der Waals surface area contributed by atoms with Gasteiger partial charge in [0.25, 0.3) is 5.91 Å². The zero-order valence-electron chi connectivity index (χ0n) is 14.4. The van der Waals surface area contributed by atoms with E-state index in [-0.39, 0.29) is 25.0 Å². The van der Waals surface area contributed by atoms with Gasteiger partial charge in [0.15, 0.2) is 18.1 Å². The smallest absolute Gasteiger partial charge is 0.258 e. The lowest BCUT2D eigenvalue weighted by Crippen LogP contribution is -2.35. The van der Waals surface area contributed by atoms with Gasteiger partial charge in [0, 0.05) is 11.8 Å². The summed E-state index contributed by atoms with van der Waals surface area (Å²) in [7, 11) is 0. The second-order valence-corrected chi connectivity index (χ2v) is 5.79. The zero-order chi connectivity index (χ0) is 18.4. The number of carbonyl (C=O) groups is 2. The second kappa shape index (κ2) is 8.24. The standard InChI is InChI=1S/C19H20N2O5/c1-13-2-5-15(6-3-13)26-12-19(23)20-11-18(22)21-14-4-7-16-17(10-14)25-9-8-24-16/h2-7,10H,8-9,11-12H2,1H3,(H,20,23)(H,21,22). The molecule has 2 aromatic rings. The molecule has 26 heavy (non-hydrogen) atoms. The first-order valence-corrected chi connectivity index (χ1v) is 8.26. The normalized spacial score (nSPS) is 12.2. The summed E-state index contributed by atoms with van der Waals surface area (Å²) in [4.78, 5) is 23.7. The highest BCUT2D eigenvalue weighted by Gasteiger charge is 2.13. The lowest BCUT2D eigenvalue weighted by atomic mass is 10.2. The fourth-order valence-corrected chi connectivity index (χ4v) is 2.34. The Morgan fingerprint density at radius 1 is 1.00 bits per heavy atom. The molecule has 2 amide bonds. The van der Waals surface area contributed by atoms with Crippen LogP contribution in [0, 0.1) is 6.92 Å². The monoisotopic (exact) mass is 356 g/mol. The molecule has 7 nitrogen and oxygen atoms in total. The molecule has 1 heterocycles. The maximum absolute atomic E-state index is 12.0. The number of carbonyl (C=O) groups excluding carboxylic acids is 2. The van der Waals surface area contributed by atoms with Crippen LogP contribution in [-0.4, -0.2) is 38.2 Å². The van der Waals surface area contributed by atoms with E-state index in [0.717, 1.165) is 5.56 Å². The molecule has 0 aliphatic carbocycles. The Labute approximate surface area is 151 Å². The van der Waals surface area contributed by atoms with Crippen molar-refractivity contribution in [1.29, 1.82) is 0 Å². The summed E-state index contributed by atoms with van der Waals surface area (Å²) in [5, 5.41) is 5.21. The predicted octanol–water partition coefficient (Wildman–Crippen LogP) is 1.90. The van der Waals surface area contributed by atoms with Crippen LogP contribution in [0.3, 0.4) is 0 Å². The number of nitrogens with one attached hydrogen (secondary N) is 2. The van der Waals surface area contributed by atoms with Gasteiger partial charge in [0.2, 0.25) is 5.91 Å². The van der Waals surface area contributed by atoms with Crippen LogP contribution in [-0.2, 0) is 9.59 Å². The summed E-state index contributed by atoms with van der Waals surface area (Å²) in [6.45, 7) is 2.65. The fraction of sp³-hybridized carbons (Fsp3) is 0.263. The predicted molar refractivity (Wildman–Crippen MR) is 95.7 cm³/mol. The Hall–Kier alpha value is -3.22. The third-order valence-corrected chi connectivity index (χ3v) is 3.66. The molecule has 3 rings (SSSR count). The Balaban J connectivity index is 1.42. The SMILES string of the molecule is Cc1ccc(OCC(=O)NCC(=O)Nc2ccc3c(c2)OCCO3)cc1. The van der Waals surface area contributed by atoms with Gasteiger partial charge in [-0.25, -0.2) is 0 Å². The van der Waals surface area contributed by atoms with Crippen LogP contribution in [0.4, 0.5) is 5.69 Å². The first kappa shape index (κ1) is 17.6. The van der Waals surface area contributed by atoms with Crippen molar-refractivity contribution in [2.45, 2.75) is 6.92 Å². The highest BCUT2D eigenvalue weighted by atomic mass is 16.6. The summed E-state index contributed by atoms with van der Waals surface area (Å²) in [5.74, 6) is 1.13. The number of anilines is 1. The Morgan fingerprint density at radius 2 is 1.73 bits per heavy atom. The molecule has 2 N–H and O–H groups in total. The summed E-state index contributed by atoms with van der Waals surface area (Å²) < 4.78 is 16.2. The van der Waals surface area contributed by atoms with Gasteiger partial charge in [-0.15, -0.1) is 0 Å². The highest BCUT2D eigenvalue weighted by Crippen LogP contribution is 2.32. The molecule has 0 atom stereocenters. The van der Waals surface area contributed by atoms with Crippen molar-refractivity contribution in [3.8, 4) is 17.2 Å². The lowest BCUT2D eigenvalue weighted by Gasteiger charge is -2.19. The third kappa shape index (κ3) is 4.89. The number of ether oxygens (including phenoxy) is 3. The molecule has 0 unspecified atom stereocenters. The van der Waals surface area contributed by atoms with E-state index in [4.69, 9.17) is 14.2 Å². The molecule has 2 aromatic carbocycles. The van der Waals surface area contributed by atoms with E-state index in [1.54, 1.807) is 30.3 Å². The van der Waals surface area contributed by atoms with Crippen molar-refractivity contribution < 1.29 is 23.8 Å². The molecule has 1 aliphatic heterocycles. The molecule has 1 aliphatic rings. The molecule has 136 valence electrons. The van der Waals surface area contributed by atoms with E-state index in [1.165, 1.54) is 0 Å². The van der Waals surface area contributed by atoms with Crippen molar-refractivity contribution in [2.24, 2.45) is 0 Å². The van der Waals surface area contributed by atoms with Gasteiger partial charge in [0.1, 0.15) is 19.0 Å². The number of fused-ring (bicyclic) bond motifs is 1. The van der Waals surface area contributed by atoms with E-state index in [2.05, 4.69) is 10.6 Å². The van der Waals surface area contributed by atoms with Gasteiger partial charge in [-0.2, -0.15) is 0 Å². The van der Waals surface area contributed by atoms with Crippen LogP contribution < -0.4 is 24.8 Å². The maximum Gasteiger partial charge on any atom is 0.258 e. The van der Waals surface area contributed by atoms with E-state index in [0.29, 0.717) is 36.1 Å². The zero-order valence-corrected chi connectivity index (χ0v) is 14.4. The van der Waals surface area contributed by atoms with Crippen LogP contribution in [0.2, 0.25) is 0 Å². The molecule has 0 saturated carbocycles. The Morgan fingerprint density at radius 3 is 2.50 bits per heavy atom. The van der Waals surface area contributed by atoms with Crippen molar-refractivity contribution >= 4 is 17.5 Å². The largest absolute Gasteiger partial charge is 0.486 e. The van der Waals surface area contributed by atoms with Crippen molar-refractivity contribution in [3.05, 3.63) is 48.0 Å². The van der Waals surface area contributed by atoms with Crippen LogP contribution in [0.5, 0.6) is 17.2 Å². The number of hydrogen-bond donors (Lipinski definition) is 2.